The SMILES string of the molecule is O=C(OCc1ccccc1)N1CCOC(CNCc2cc(Br)c(Br)o2)C1. The van der Waals surface area contributed by atoms with Gasteiger partial charge in [0, 0.05) is 13.1 Å². The Morgan fingerprint density at radius 1 is 1.31 bits per heavy atom. The molecule has 1 aliphatic heterocycles. The number of rotatable bonds is 6. The van der Waals surface area contributed by atoms with Gasteiger partial charge in [-0.2, -0.15) is 0 Å². The van der Waals surface area contributed by atoms with E-state index in [4.69, 9.17) is 13.9 Å². The Bertz CT molecular complexity index is 704. The van der Waals surface area contributed by atoms with Crippen molar-refractivity contribution in [2.24, 2.45) is 0 Å². The summed E-state index contributed by atoms with van der Waals surface area (Å²) in [6.45, 7) is 3.04. The largest absolute Gasteiger partial charge is 0.452 e. The summed E-state index contributed by atoms with van der Waals surface area (Å²) in [6, 6.07) is 11.6. The van der Waals surface area contributed by atoms with Gasteiger partial charge in [-0.15, -0.1) is 0 Å². The fourth-order valence-corrected chi connectivity index (χ4v) is 3.31. The first kappa shape index (κ1) is 19.4. The number of carbonyl (C=O) groups is 1. The highest BCUT2D eigenvalue weighted by Crippen LogP contribution is 2.26. The van der Waals surface area contributed by atoms with Crippen LogP contribution >= 0.6 is 31.9 Å². The number of benzene rings is 1. The molecule has 26 heavy (non-hydrogen) atoms. The van der Waals surface area contributed by atoms with E-state index in [0.29, 0.717) is 37.5 Å². The molecule has 2 heterocycles. The van der Waals surface area contributed by atoms with Gasteiger partial charge in [0.15, 0.2) is 4.67 Å². The zero-order valence-corrected chi connectivity index (χ0v) is 17.3. The molecule has 1 aliphatic rings. The number of hydrogen-bond donors (Lipinski definition) is 1. The fourth-order valence-electron chi connectivity index (χ4n) is 2.65. The van der Waals surface area contributed by atoms with Gasteiger partial charge < -0.3 is 24.1 Å². The van der Waals surface area contributed by atoms with Crippen LogP contribution in [0, 0.1) is 0 Å². The Morgan fingerprint density at radius 3 is 2.85 bits per heavy atom. The van der Waals surface area contributed by atoms with Crippen molar-refractivity contribution < 1.29 is 18.7 Å². The maximum absolute atomic E-state index is 12.3. The van der Waals surface area contributed by atoms with Crippen molar-refractivity contribution in [2.45, 2.75) is 19.3 Å². The number of morpholine rings is 1. The van der Waals surface area contributed by atoms with E-state index < -0.39 is 0 Å². The summed E-state index contributed by atoms with van der Waals surface area (Å²) in [6.07, 6.45) is -0.379. The molecule has 0 saturated carbocycles. The van der Waals surface area contributed by atoms with E-state index in [-0.39, 0.29) is 18.8 Å². The van der Waals surface area contributed by atoms with Crippen molar-refractivity contribution in [2.75, 3.05) is 26.2 Å². The summed E-state index contributed by atoms with van der Waals surface area (Å²) in [5, 5.41) is 3.29. The molecule has 1 atom stereocenters. The highest BCUT2D eigenvalue weighted by Gasteiger charge is 2.25. The number of halogens is 2. The number of furan rings is 1. The van der Waals surface area contributed by atoms with Crippen molar-refractivity contribution in [1.29, 1.82) is 0 Å². The Kier molecular flexibility index (Phi) is 7.13. The third-order valence-corrected chi connectivity index (χ3v) is 5.68. The highest BCUT2D eigenvalue weighted by molar-refractivity contribution is 9.13. The standard InChI is InChI=1S/C18H20Br2N2O4/c19-16-8-14(26-17(16)20)9-21-10-15-11-22(6-7-24-15)18(23)25-12-13-4-2-1-3-5-13/h1-5,8,15,21H,6-7,9-12H2. The molecular weight excluding hydrogens is 468 g/mol. The molecule has 2 aromatic rings. The number of amides is 1. The molecule has 1 aromatic heterocycles. The van der Waals surface area contributed by atoms with Gasteiger partial charge in [0.05, 0.1) is 30.3 Å². The first-order valence-corrected chi connectivity index (χ1v) is 9.92. The van der Waals surface area contributed by atoms with Crippen molar-refractivity contribution >= 4 is 38.0 Å². The van der Waals surface area contributed by atoms with Crippen molar-refractivity contribution in [3.05, 3.63) is 56.9 Å². The smallest absolute Gasteiger partial charge is 0.410 e. The van der Waals surface area contributed by atoms with Gasteiger partial charge in [0.1, 0.15) is 12.4 Å². The van der Waals surface area contributed by atoms with E-state index in [9.17, 15) is 4.79 Å². The lowest BCUT2D eigenvalue weighted by Crippen LogP contribution is -2.49. The predicted octanol–water partition coefficient (Wildman–Crippen LogP) is 3.93. The zero-order valence-electron chi connectivity index (χ0n) is 14.1. The number of nitrogens with one attached hydrogen (secondary N) is 1. The first-order chi connectivity index (χ1) is 12.6. The summed E-state index contributed by atoms with van der Waals surface area (Å²) in [5.41, 5.74) is 0.975. The van der Waals surface area contributed by atoms with Crippen molar-refractivity contribution in [3.8, 4) is 0 Å². The molecule has 1 saturated heterocycles. The number of carbonyl (C=O) groups excluding carboxylic acids is 1. The second-order valence-corrected chi connectivity index (χ2v) is 7.52. The lowest BCUT2D eigenvalue weighted by Gasteiger charge is -2.32. The van der Waals surface area contributed by atoms with Crippen molar-refractivity contribution in [1.82, 2.24) is 10.2 Å². The Labute approximate surface area is 169 Å². The lowest BCUT2D eigenvalue weighted by molar-refractivity contribution is -0.0272. The first-order valence-electron chi connectivity index (χ1n) is 8.33. The molecule has 8 heteroatoms. The third-order valence-electron chi connectivity index (χ3n) is 3.97. The maximum atomic E-state index is 12.3. The van der Waals surface area contributed by atoms with E-state index >= 15 is 0 Å². The lowest BCUT2D eigenvalue weighted by atomic mass is 10.2. The van der Waals surface area contributed by atoms with Gasteiger partial charge in [-0.1, -0.05) is 30.3 Å². The van der Waals surface area contributed by atoms with Gasteiger partial charge in [-0.3, -0.25) is 0 Å². The Morgan fingerprint density at radius 2 is 2.12 bits per heavy atom. The average Bonchev–Trinajstić information content (AvgIpc) is 2.98. The van der Waals surface area contributed by atoms with Crippen LogP contribution in [0.5, 0.6) is 0 Å². The van der Waals surface area contributed by atoms with Crippen LogP contribution in [0.3, 0.4) is 0 Å². The minimum Gasteiger partial charge on any atom is -0.452 e. The molecule has 0 aliphatic carbocycles. The molecule has 0 bridgehead atoms. The summed E-state index contributed by atoms with van der Waals surface area (Å²) in [4.78, 5) is 13.9. The molecule has 140 valence electrons. The fraction of sp³-hybridized carbons (Fsp3) is 0.389. The van der Waals surface area contributed by atoms with Crippen LogP contribution in [0.2, 0.25) is 0 Å². The van der Waals surface area contributed by atoms with E-state index in [1.54, 1.807) is 4.90 Å². The molecule has 1 aromatic carbocycles. The number of nitrogens with zero attached hydrogens (tertiary/aromatic N) is 1. The second kappa shape index (κ2) is 9.55. The van der Waals surface area contributed by atoms with E-state index in [2.05, 4.69) is 37.2 Å². The maximum Gasteiger partial charge on any atom is 0.410 e. The summed E-state index contributed by atoms with van der Waals surface area (Å²) < 4.78 is 18.2. The van der Waals surface area contributed by atoms with E-state index in [1.165, 1.54) is 0 Å². The van der Waals surface area contributed by atoms with Crippen LogP contribution in [0.1, 0.15) is 11.3 Å². The molecule has 1 amide bonds. The number of ether oxygens (including phenoxy) is 2. The van der Waals surface area contributed by atoms with Gasteiger partial charge >= 0.3 is 6.09 Å². The third kappa shape index (κ3) is 5.57. The summed E-state index contributed by atoms with van der Waals surface area (Å²) in [5.74, 6) is 0.818. The van der Waals surface area contributed by atoms with Gasteiger partial charge in [-0.25, -0.2) is 4.79 Å². The van der Waals surface area contributed by atoms with Crippen LogP contribution < -0.4 is 5.32 Å². The van der Waals surface area contributed by atoms with Crippen LogP contribution in [0.15, 0.2) is 50.0 Å². The van der Waals surface area contributed by atoms with Crippen LogP contribution in [0.4, 0.5) is 4.79 Å². The van der Waals surface area contributed by atoms with Crippen molar-refractivity contribution in [3.63, 3.8) is 0 Å². The molecule has 1 N–H and O–H groups in total. The summed E-state index contributed by atoms with van der Waals surface area (Å²) >= 11 is 6.70. The van der Waals surface area contributed by atoms with E-state index in [0.717, 1.165) is 15.8 Å². The molecule has 0 radical (unpaired) electrons. The van der Waals surface area contributed by atoms with Crippen LogP contribution in [-0.2, 0) is 22.6 Å². The molecule has 0 spiro atoms. The quantitative estimate of drug-likeness (QED) is 0.668. The minimum atomic E-state index is -0.305. The topological polar surface area (TPSA) is 63.9 Å². The minimum absolute atomic E-state index is 0.0742. The van der Waals surface area contributed by atoms with Crippen LogP contribution in [-0.4, -0.2) is 43.3 Å². The molecule has 1 fully saturated rings. The molecule has 1 unspecified atom stereocenters. The Hall–Kier alpha value is -1.35. The van der Waals surface area contributed by atoms with Crippen LogP contribution in [0.25, 0.3) is 0 Å². The van der Waals surface area contributed by atoms with Gasteiger partial charge in [-0.05, 0) is 43.5 Å². The molecular formula is C18H20Br2N2O4. The summed E-state index contributed by atoms with van der Waals surface area (Å²) in [7, 11) is 0. The van der Waals surface area contributed by atoms with Gasteiger partial charge in [0.2, 0.25) is 0 Å². The average molecular weight is 488 g/mol. The second-order valence-electron chi connectivity index (χ2n) is 5.94. The van der Waals surface area contributed by atoms with E-state index in [1.807, 2.05) is 36.4 Å². The normalized spacial score (nSPS) is 17.3. The zero-order chi connectivity index (χ0) is 18.4. The highest BCUT2D eigenvalue weighted by atomic mass is 79.9. The Balaban J connectivity index is 1.41. The molecule has 6 nitrogen and oxygen atoms in total. The van der Waals surface area contributed by atoms with Gasteiger partial charge in [0.25, 0.3) is 0 Å². The molecule has 3 rings (SSSR count). The monoisotopic (exact) mass is 486 g/mol. The number of hydrogen-bond acceptors (Lipinski definition) is 5. The predicted molar refractivity (Wildman–Crippen MR) is 104 cm³/mol.